The van der Waals surface area contributed by atoms with E-state index in [-0.39, 0.29) is 0 Å². The summed E-state index contributed by atoms with van der Waals surface area (Å²) < 4.78 is 1.18. The van der Waals surface area contributed by atoms with E-state index in [1.807, 2.05) is 0 Å². The molecule has 1 aromatic heterocycles. The van der Waals surface area contributed by atoms with Gasteiger partial charge in [-0.3, -0.25) is 0 Å². The van der Waals surface area contributed by atoms with E-state index < -0.39 is 0 Å². The summed E-state index contributed by atoms with van der Waals surface area (Å²) in [6, 6.07) is 0. The molecule has 0 atom stereocenters. The number of hydrogen-bond donors (Lipinski definition) is 1. The standard InChI is InChI=1S/C14H23IN4/c1-4-16-13-12(15)11(9-10(2)3)17-14(18-13)19-7-5-6-8-19/h10H,4-9H2,1-3H3,(H,16,17,18). The third-order valence-electron chi connectivity index (χ3n) is 3.24. The van der Waals surface area contributed by atoms with E-state index in [0.717, 1.165) is 37.8 Å². The van der Waals surface area contributed by atoms with Crippen molar-refractivity contribution in [2.24, 2.45) is 5.92 Å². The normalized spacial score (nSPS) is 15.3. The molecule has 0 aliphatic carbocycles. The van der Waals surface area contributed by atoms with Crippen molar-refractivity contribution in [3.8, 4) is 0 Å². The first-order valence-electron chi connectivity index (χ1n) is 7.17. The smallest absolute Gasteiger partial charge is 0.227 e. The molecule has 2 heterocycles. The fraction of sp³-hybridized carbons (Fsp3) is 0.714. The zero-order valence-corrected chi connectivity index (χ0v) is 14.2. The SMILES string of the molecule is CCNc1nc(N2CCCC2)nc(CC(C)C)c1I. The van der Waals surface area contributed by atoms with Crippen LogP contribution in [0.15, 0.2) is 0 Å². The van der Waals surface area contributed by atoms with Gasteiger partial charge in [0.25, 0.3) is 0 Å². The number of anilines is 2. The molecule has 4 nitrogen and oxygen atoms in total. The van der Waals surface area contributed by atoms with Gasteiger partial charge in [0, 0.05) is 19.6 Å². The predicted octanol–water partition coefficient (Wildman–Crippen LogP) is 3.31. The van der Waals surface area contributed by atoms with Crippen molar-refractivity contribution < 1.29 is 0 Å². The molecule has 1 fully saturated rings. The number of aromatic nitrogens is 2. The Bertz CT molecular complexity index is 428. The number of rotatable bonds is 5. The molecule has 0 amide bonds. The topological polar surface area (TPSA) is 41.1 Å². The van der Waals surface area contributed by atoms with Gasteiger partial charge in [0.15, 0.2) is 0 Å². The second kappa shape index (κ2) is 6.72. The van der Waals surface area contributed by atoms with Crippen molar-refractivity contribution in [3.05, 3.63) is 9.26 Å². The predicted molar refractivity (Wildman–Crippen MR) is 88.9 cm³/mol. The molecular weight excluding hydrogens is 351 g/mol. The molecule has 0 bridgehead atoms. The molecular formula is C14H23IN4. The highest BCUT2D eigenvalue weighted by atomic mass is 127. The van der Waals surface area contributed by atoms with Crippen molar-refractivity contribution >= 4 is 34.4 Å². The van der Waals surface area contributed by atoms with E-state index in [4.69, 9.17) is 9.97 Å². The molecule has 0 radical (unpaired) electrons. The van der Waals surface area contributed by atoms with Gasteiger partial charge < -0.3 is 10.2 Å². The van der Waals surface area contributed by atoms with Gasteiger partial charge in [0.1, 0.15) is 5.82 Å². The molecule has 1 aliphatic heterocycles. The monoisotopic (exact) mass is 374 g/mol. The zero-order chi connectivity index (χ0) is 13.8. The summed E-state index contributed by atoms with van der Waals surface area (Å²) in [5, 5.41) is 3.37. The Morgan fingerprint density at radius 2 is 1.95 bits per heavy atom. The van der Waals surface area contributed by atoms with Gasteiger partial charge in [-0.15, -0.1) is 0 Å². The van der Waals surface area contributed by atoms with Crippen LogP contribution in [0.1, 0.15) is 39.3 Å². The molecule has 19 heavy (non-hydrogen) atoms. The quantitative estimate of drug-likeness (QED) is 0.803. The molecule has 1 aromatic rings. The maximum absolute atomic E-state index is 4.80. The van der Waals surface area contributed by atoms with Crippen molar-refractivity contribution in [1.82, 2.24) is 9.97 Å². The zero-order valence-electron chi connectivity index (χ0n) is 12.0. The summed E-state index contributed by atoms with van der Waals surface area (Å²) in [4.78, 5) is 11.8. The molecule has 2 rings (SSSR count). The van der Waals surface area contributed by atoms with Gasteiger partial charge in [-0.05, 0) is 54.7 Å². The minimum atomic E-state index is 0.615. The fourth-order valence-electron chi connectivity index (χ4n) is 2.35. The maximum Gasteiger partial charge on any atom is 0.227 e. The summed E-state index contributed by atoms with van der Waals surface area (Å²) in [6.45, 7) is 9.66. The van der Waals surface area contributed by atoms with Gasteiger partial charge in [-0.2, -0.15) is 4.98 Å². The lowest BCUT2D eigenvalue weighted by Gasteiger charge is -2.19. The summed E-state index contributed by atoms with van der Waals surface area (Å²) in [7, 11) is 0. The van der Waals surface area contributed by atoms with Crippen molar-refractivity contribution in [2.75, 3.05) is 29.9 Å². The molecule has 1 saturated heterocycles. The number of halogens is 1. The van der Waals surface area contributed by atoms with Gasteiger partial charge in [-0.25, -0.2) is 4.98 Å². The third-order valence-corrected chi connectivity index (χ3v) is 4.38. The van der Waals surface area contributed by atoms with Crippen LogP contribution in [0.4, 0.5) is 11.8 Å². The van der Waals surface area contributed by atoms with Crippen molar-refractivity contribution in [3.63, 3.8) is 0 Å². The van der Waals surface area contributed by atoms with Gasteiger partial charge in [0.2, 0.25) is 5.95 Å². The largest absolute Gasteiger partial charge is 0.369 e. The molecule has 106 valence electrons. The highest BCUT2D eigenvalue weighted by molar-refractivity contribution is 14.1. The molecule has 0 aromatic carbocycles. The highest BCUT2D eigenvalue weighted by Crippen LogP contribution is 2.26. The minimum Gasteiger partial charge on any atom is -0.369 e. The van der Waals surface area contributed by atoms with E-state index in [1.165, 1.54) is 22.1 Å². The Labute approximate surface area is 129 Å². The summed E-state index contributed by atoms with van der Waals surface area (Å²) in [6.07, 6.45) is 3.52. The Morgan fingerprint density at radius 3 is 2.53 bits per heavy atom. The molecule has 1 N–H and O–H groups in total. The van der Waals surface area contributed by atoms with E-state index in [1.54, 1.807) is 0 Å². The van der Waals surface area contributed by atoms with Crippen LogP contribution >= 0.6 is 22.6 Å². The molecule has 0 saturated carbocycles. The lowest BCUT2D eigenvalue weighted by atomic mass is 10.1. The Balaban J connectivity index is 2.34. The maximum atomic E-state index is 4.80. The van der Waals surface area contributed by atoms with Crippen LogP contribution in [0, 0.1) is 9.49 Å². The van der Waals surface area contributed by atoms with Gasteiger partial charge in [0.05, 0.1) is 9.26 Å². The van der Waals surface area contributed by atoms with Crippen LogP contribution in [0.25, 0.3) is 0 Å². The summed E-state index contributed by atoms with van der Waals surface area (Å²) in [5.74, 6) is 2.52. The van der Waals surface area contributed by atoms with Crippen LogP contribution < -0.4 is 10.2 Å². The third kappa shape index (κ3) is 3.70. The van der Waals surface area contributed by atoms with Crippen LogP contribution in [0.5, 0.6) is 0 Å². The second-order valence-electron chi connectivity index (χ2n) is 5.46. The lowest BCUT2D eigenvalue weighted by molar-refractivity contribution is 0.630. The highest BCUT2D eigenvalue weighted by Gasteiger charge is 2.19. The number of nitrogens with zero attached hydrogens (tertiary/aromatic N) is 3. The fourth-order valence-corrected chi connectivity index (χ4v) is 3.00. The van der Waals surface area contributed by atoms with Crippen molar-refractivity contribution in [2.45, 2.75) is 40.0 Å². The second-order valence-corrected chi connectivity index (χ2v) is 6.53. The Hall–Kier alpha value is -0.590. The van der Waals surface area contributed by atoms with E-state index in [0.29, 0.717) is 5.92 Å². The van der Waals surface area contributed by atoms with E-state index >= 15 is 0 Å². The van der Waals surface area contributed by atoms with Gasteiger partial charge in [-0.1, -0.05) is 13.8 Å². The number of hydrogen-bond acceptors (Lipinski definition) is 4. The van der Waals surface area contributed by atoms with Crippen LogP contribution in [-0.4, -0.2) is 29.6 Å². The van der Waals surface area contributed by atoms with E-state index in [2.05, 4.69) is 53.6 Å². The van der Waals surface area contributed by atoms with Crippen LogP contribution in [0.2, 0.25) is 0 Å². The average molecular weight is 374 g/mol. The number of nitrogens with one attached hydrogen (secondary N) is 1. The Morgan fingerprint density at radius 1 is 1.26 bits per heavy atom. The average Bonchev–Trinajstić information content (AvgIpc) is 2.87. The molecule has 1 aliphatic rings. The Kier molecular flexibility index (Phi) is 5.24. The van der Waals surface area contributed by atoms with Crippen LogP contribution in [-0.2, 0) is 6.42 Å². The molecule has 5 heteroatoms. The minimum absolute atomic E-state index is 0.615. The molecule has 0 spiro atoms. The van der Waals surface area contributed by atoms with Crippen LogP contribution in [0.3, 0.4) is 0 Å². The summed E-state index contributed by atoms with van der Waals surface area (Å²) >= 11 is 2.37. The molecule has 0 unspecified atom stereocenters. The first-order valence-corrected chi connectivity index (χ1v) is 8.25. The summed E-state index contributed by atoms with van der Waals surface area (Å²) in [5.41, 5.74) is 1.18. The lowest BCUT2D eigenvalue weighted by Crippen LogP contribution is -2.22. The first-order chi connectivity index (χ1) is 9.11. The van der Waals surface area contributed by atoms with E-state index in [9.17, 15) is 0 Å². The van der Waals surface area contributed by atoms with Gasteiger partial charge >= 0.3 is 0 Å². The van der Waals surface area contributed by atoms with Crippen molar-refractivity contribution in [1.29, 1.82) is 0 Å². The first kappa shape index (κ1) is 14.8.